The molecule has 194 valence electrons. The van der Waals surface area contributed by atoms with Gasteiger partial charge in [0, 0.05) is 31.7 Å². The van der Waals surface area contributed by atoms with Gasteiger partial charge in [-0.2, -0.15) is 0 Å². The second kappa shape index (κ2) is 11.8. The van der Waals surface area contributed by atoms with E-state index in [1.54, 1.807) is 59.6 Å². The molecule has 0 aromatic heterocycles. The molecular weight excluding hydrogens is 486 g/mol. The molecule has 1 saturated heterocycles. The highest BCUT2D eigenvalue weighted by molar-refractivity contribution is 7.91. The summed E-state index contributed by atoms with van der Waals surface area (Å²) in [5.74, 6) is 0.236. The zero-order valence-corrected chi connectivity index (χ0v) is 20.8. The largest absolute Gasteiger partial charge is 0.494 e. The minimum atomic E-state index is -3.62. The number of morpholine rings is 1. The van der Waals surface area contributed by atoms with Crippen molar-refractivity contribution in [3.8, 4) is 5.75 Å². The fourth-order valence-electron chi connectivity index (χ4n) is 3.87. The molecule has 1 fully saturated rings. The van der Waals surface area contributed by atoms with Gasteiger partial charge < -0.3 is 19.3 Å². The summed E-state index contributed by atoms with van der Waals surface area (Å²) in [6.07, 6.45) is 0.497. The van der Waals surface area contributed by atoms with Gasteiger partial charge in [-0.25, -0.2) is 18.4 Å². The number of amides is 1. The van der Waals surface area contributed by atoms with Crippen LogP contribution in [0.1, 0.15) is 18.4 Å². The van der Waals surface area contributed by atoms with Crippen molar-refractivity contribution in [2.75, 3.05) is 51.9 Å². The molecule has 36 heavy (non-hydrogen) atoms. The second-order valence-electron chi connectivity index (χ2n) is 8.61. The van der Waals surface area contributed by atoms with E-state index in [9.17, 15) is 13.2 Å². The summed E-state index contributed by atoms with van der Waals surface area (Å²) >= 11 is 0. The van der Waals surface area contributed by atoms with Crippen molar-refractivity contribution < 1.29 is 32.5 Å². The Morgan fingerprint density at radius 2 is 1.83 bits per heavy atom. The van der Waals surface area contributed by atoms with Crippen LogP contribution in [0.2, 0.25) is 0 Å². The number of benzene rings is 2. The van der Waals surface area contributed by atoms with E-state index >= 15 is 0 Å². The smallest absolute Gasteiger partial charge is 0.265 e. The minimum Gasteiger partial charge on any atom is -0.494 e. The predicted octanol–water partition coefficient (Wildman–Crippen LogP) is 1.19. The number of carbonyl (C=O) groups is 1. The molecule has 2 heterocycles. The second-order valence-corrected chi connectivity index (χ2v) is 10.7. The number of nitrogens with zero attached hydrogens (tertiary/aromatic N) is 2. The Hall–Kier alpha value is -2.99. The predicted molar refractivity (Wildman–Crippen MR) is 133 cm³/mol. The van der Waals surface area contributed by atoms with E-state index in [0.29, 0.717) is 50.6 Å². The highest BCUT2D eigenvalue weighted by atomic mass is 32.2. The number of aliphatic imine (C=N–C) groups is 1. The first-order valence-corrected chi connectivity index (χ1v) is 13.6. The van der Waals surface area contributed by atoms with Gasteiger partial charge in [0.15, 0.2) is 15.4 Å². The van der Waals surface area contributed by atoms with E-state index in [1.807, 2.05) is 0 Å². The number of ether oxygens (including phenoxy) is 3. The molecule has 0 bridgehead atoms. The van der Waals surface area contributed by atoms with Crippen LogP contribution in [0.4, 0.5) is 0 Å². The molecule has 0 aliphatic carbocycles. The van der Waals surface area contributed by atoms with Gasteiger partial charge in [0.25, 0.3) is 5.91 Å². The lowest BCUT2D eigenvalue weighted by molar-refractivity contribution is -0.133. The van der Waals surface area contributed by atoms with E-state index in [2.05, 4.69) is 10.4 Å². The van der Waals surface area contributed by atoms with Crippen LogP contribution in [-0.4, -0.2) is 87.8 Å². The van der Waals surface area contributed by atoms with Gasteiger partial charge in [-0.15, -0.1) is 0 Å². The Bertz CT molecular complexity index is 1150. The van der Waals surface area contributed by atoms with E-state index in [0.717, 1.165) is 0 Å². The van der Waals surface area contributed by atoms with Crippen molar-refractivity contribution >= 4 is 21.6 Å². The average molecular weight is 518 g/mol. The minimum absolute atomic E-state index is 0.0355. The van der Waals surface area contributed by atoms with Gasteiger partial charge in [-0.05, 0) is 42.8 Å². The third-order valence-electron chi connectivity index (χ3n) is 6.02. The monoisotopic (exact) mass is 517 g/mol. The van der Waals surface area contributed by atoms with Crippen molar-refractivity contribution in [2.24, 2.45) is 4.99 Å². The van der Waals surface area contributed by atoms with Crippen LogP contribution >= 0.6 is 0 Å². The average Bonchev–Trinajstić information content (AvgIpc) is 3.35. The maximum Gasteiger partial charge on any atom is 0.265 e. The molecule has 0 saturated carbocycles. The van der Waals surface area contributed by atoms with Crippen LogP contribution in [-0.2, 0) is 24.1 Å². The molecular formula is C25H31N3O7S. The Balaban J connectivity index is 1.54. The van der Waals surface area contributed by atoms with Crippen molar-refractivity contribution in [2.45, 2.75) is 23.3 Å². The summed E-state index contributed by atoms with van der Waals surface area (Å²) in [7, 11) is -3.62. The number of hydrogen-bond donors (Lipinski definition) is 2. The zero-order valence-electron chi connectivity index (χ0n) is 20.0. The molecule has 11 heteroatoms. The Kier molecular flexibility index (Phi) is 8.57. The third-order valence-corrected chi connectivity index (χ3v) is 7.75. The van der Waals surface area contributed by atoms with Gasteiger partial charge in [0.1, 0.15) is 12.4 Å². The lowest BCUT2D eigenvalue weighted by Crippen LogP contribution is -2.56. The summed E-state index contributed by atoms with van der Waals surface area (Å²) < 4.78 is 42.7. The molecule has 0 radical (unpaired) electrons. The highest BCUT2D eigenvalue weighted by Crippen LogP contribution is 2.29. The van der Waals surface area contributed by atoms with Crippen molar-refractivity contribution in [1.29, 1.82) is 0 Å². The van der Waals surface area contributed by atoms with E-state index in [1.165, 1.54) is 0 Å². The highest BCUT2D eigenvalue weighted by Gasteiger charge is 2.46. The quantitative estimate of drug-likeness (QED) is 0.426. The first-order chi connectivity index (χ1) is 17.4. The van der Waals surface area contributed by atoms with E-state index < -0.39 is 21.3 Å². The Morgan fingerprint density at radius 1 is 1.11 bits per heavy atom. The Labute approximate surface area is 210 Å². The van der Waals surface area contributed by atoms with E-state index in [4.69, 9.17) is 19.3 Å². The first kappa shape index (κ1) is 26.1. The summed E-state index contributed by atoms with van der Waals surface area (Å²) in [4.78, 5) is 18.3. The van der Waals surface area contributed by atoms with Crippen LogP contribution in [0.3, 0.4) is 0 Å². The lowest BCUT2D eigenvalue weighted by Gasteiger charge is -2.31. The third kappa shape index (κ3) is 6.41. The summed E-state index contributed by atoms with van der Waals surface area (Å²) in [6.45, 7) is 2.42. The molecule has 2 aliphatic rings. The number of hydrazine groups is 1. The number of nitrogens with one attached hydrogen (secondary N) is 1. The maximum absolute atomic E-state index is 13.5. The molecule has 2 aromatic rings. The fraction of sp³-hybridized carbons (Fsp3) is 0.440. The van der Waals surface area contributed by atoms with Gasteiger partial charge in [-0.3, -0.25) is 10.2 Å². The van der Waals surface area contributed by atoms with Gasteiger partial charge >= 0.3 is 0 Å². The SMILES string of the molecule is O=C(NN1CCOCC1)[C@]1(CCS(=O)(=O)c2ccccc2)COC(c2ccc(OCCCO)cc2)=N1. The lowest BCUT2D eigenvalue weighted by atomic mass is 9.97. The van der Waals surface area contributed by atoms with Crippen LogP contribution in [0.25, 0.3) is 0 Å². The van der Waals surface area contributed by atoms with Gasteiger partial charge in [0.05, 0.1) is 30.5 Å². The fourth-order valence-corrected chi connectivity index (χ4v) is 5.29. The van der Waals surface area contributed by atoms with E-state index in [-0.39, 0.29) is 36.2 Å². The molecule has 0 spiro atoms. The summed E-state index contributed by atoms with van der Waals surface area (Å²) in [5.41, 5.74) is 2.13. The van der Waals surface area contributed by atoms with Crippen LogP contribution < -0.4 is 10.2 Å². The first-order valence-electron chi connectivity index (χ1n) is 11.9. The molecule has 2 aromatic carbocycles. The maximum atomic E-state index is 13.5. The van der Waals surface area contributed by atoms with Crippen molar-refractivity contribution in [1.82, 2.24) is 10.4 Å². The molecule has 0 unspecified atom stereocenters. The van der Waals surface area contributed by atoms with Crippen LogP contribution in [0, 0.1) is 0 Å². The molecule has 4 rings (SSSR count). The molecule has 2 N–H and O–H groups in total. The van der Waals surface area contributed by atoms with Crippen LogP contribution in [0.15, 0.2) is 64.5 Å². The molecule has 10 nitrogen and oxygen atoms in total. The Morgan fingerprint density at radius 3 is 2.53 bits per heavy atom. The molecule has 1 atom stereocenters. The van der Waals surface area contributed by atoms with Crippen molar-refractivity contribution in [3.63, 3.8) is 0 Å². The van der Waals surface area contributed by atoms with Crippen molar-refractivity contribution in [3.05, 3.63) is 60.2 Å². The standard InChI is InChI=1S/C25H31N3O7S/c29-14-4-15-34-21-9-7-20(8-10-21)23-26-25(19-35-23,24(30)27-28-12-16-33-17-13-28)11-18-36(31,32)22-5-2-1-3-6-22/h1-3,5-10,29H,4,11-19H2,(H,27,30)/t25-/m0/s1. The number of aliphatic hydroxyl groups excluding tert-OH is 1. The normalized spacial score (nSPS) is 20.4. The zero-order chi connectivity index (χ0) is 25.4. The molecule has 2 aliphatic heterocycles. The number of sulfone groups is 1. The van der Waals surface area contributed by atoms with Gasteiger partial charge in [-0.1, -0.05) is 18.2 Å². The topological polar surface area (TPSA) is 127 Å². The van der Waals surface area contributed by atoms with Gasteiger partial charge in [0.2, 0.25) is 5.90 Å². The number of aliphatic hydroxyl groups is 1. The summed E-state index contributed by atoms with van der Waals surface area (Å²) in [5, 5.41) is 10.7. The summed E-state index contributed by atoms with van der Waals surface area (Å²) in [6, 6.07) is 15.2. The number of hydrogen-bond acceptors (Lipinski definition) is 9. The number of carbonyl (C=O) groups excluding carboxylic acids is 1. The number of rotatable bonds is 11. The van der Waals surface area contributed by atoms with Crippen LogP contribution in [0.5, 0.6) is 5.75 Å². The molecule has 1 amide bonds.